The number of carbonyl (C=O) groups excluding carboxylic acids is 3. The molecule has 0 spiro atoms. The van der Waals surface area contributed by atoms with E-state index in [1.165, 1.54) is 12.1 Å². The average Bonchev–Trinajstić information content (AvgIpc) is 3.16. The molecule has 2 aromatic carbocycles. The van der Waals surface area contributed by atoms with Gasteiger partial charge in [0, 0.05) is 11.4 Å². The van der Waals surface area contributed by atoms with Gasteiger partial charge in [-0.2, -0.15) is 0 Å². The van der Waals surface area contributed by atoms with Gasteiger partial charge in [0.05, 0.1) is 22.7 Å². The van der Waals surface area contributed by atoms with Gasteiger partial charge in [0.1, 0.15) is 0 Å². The van der Waals surface area contributed by atoms with Gasteiger partial charge in [0.15, 0.2) is 0 Å². The van der Waals surface area contributed by atoms with Gasteiger partial charge in [-0.1, -0.05) is 47.5 Å². The van der Waals surface area contributed by atoms with E-state index in [-0.39, 0.29) is 17.2 Å². The number of benzene rings is 2. The first-order valence-electron chi connectivity index (χ1n) is 9.33. The van der Waals surface area contributed by atoms with Crippen molar-refractivity contribution in [1.82, 2.24) is 9.63 Å². The van der Waals surface area contributed by atoms with Crippen LogP contribution < -0.4 is 0 Å². The first-order valence-corrected chi connectivity index (χ1v) is 9.33. The molecule has 2 heterocycles. The van der Waals surface area contributed by atoms with Gasteiger partial charge in [-0.25, -0.2) is 4.79 Å². The summed E-state index contributed by atoms with van der Waals surface area (Å²) in [7, 11) is 0. The van der Waals surface area contributed by atoms with Crippen LogP contribution in [0.1, 0.15) is 61.0 Å². The Morgan fingerprint density at radius 3 is 2.03 bits per heavy atom. The molecule has 6 heteroatoms. The summed E-state index contributed by atoms with van der Waals surface area (Å²) < 4.78 is 2.04. The summed E-state index contributed by atoms with van der Waals surface area (Å²) >= 11 is 0. The summed E-state index contributed by atoms with van der Waals surface area (Å²) in [6, 6.07) is 18.1. The summed E-state index contributed by atoms with van der Waals surface area (Å²) in [6.45, 7) is 5.78. The van der Waals surface area contributed by atoms with E-state index in [1.807, 2.05) is 48.7 Å². The Kier molecular flexibility index (Phi) is 4.54. The topological polar surface area (TPSA) is 68.6 Å². The van der Waals surface area contributed by atoms with Gasteiger partial charge in [-0.05, 0) is 44.5 Å². The first-order chi connectivity index (χ1) is 13.9. The number of hydrogen-bond acceptors (Lipinski definition) is 4. The molecule has 1 atom stereocenters. The maximum atomic E-state index is 12.8. The van der Waals surface area contributed by atoms with Crippen LogP contribution in [-0.2, 0) is 4.84 Å². The number of aryl methyl sites for hydroxylation is 1. The lowest BCUT2D eigenvalue weighted by Crippen LogP contribution is -2.32. The number of hydrogen-bond donors (Lipinski definition) is 0. The predicted molar refractivity (Wildman–Crippen MR) is 107 cm³/mol. The zero-order valence-electron chi connectivity index (χ0n) is 16.4. The van der Waals surface area contributed by atoms with Crippen molar-refractivity contribution in [2.45, 2.75) is 26.8 Å². The molecular weight excluding hydrogens is 368 g/mol. The number of rotatable bonds is 4. The van der Waals surface area contributed by atoms with E-state index in [0.717, 1.165) is 11.3 Å². The molecule has 2 amide bonds. The van der Waals surface area contributed by atoms with E-state index < -0.39 is 17.8 Å². The molecular formula is C23H20N2O4. The third kappa shape index (κ3) is 3.02. The van der Waals surface area contributed by atoms with Gasteiger partial charge >= 0.3 is 5.97 Å². The summed E-state index contributed by atoms with van der Waals surface area (Å²) in [5, 5.41) is 0.541. The second kappa shape index (κ2) is 7.05. The Hall–Kier alpha value is -3.67. The number of amides is 2. The van der Waals surface area contributed by atoms with Crippen molar-refractivity contribution in [2.75, 3.05) is 0 Å². The predicted octanol–water partition coefficient (Wildman–Crippen LogP) is 4.08. The molecule has 29 heavy (non-hydrogen) atoms. The first kappa shape index (κ1) is 18.7. The molecule has 1 aromatic heterocycles. The summed E-state index contributed by atoms with van der Waals surface area (Å²) in [5.41, 5.74) is 3.48. The fourth-order valence-corrected chi connectivity index (χ4v) is 3.84. The molecule has 3 aromatic rings. The normalized spacial score (nSPS) is 14.1. The number of hydroxylamine groups is 2. The van der Waals surface area contributed by atoms with Crippen LogP contribution in [0.4, 0.5) is 0 Å². The Morgan fingerprint density at radius 1 is 0.897 bits per heavy atom. The molecule has 4 rings (SSSR count). The molecule has 0 saturated heterocycles. The van der Waals surface area contributed by atoms with E-state index in [2.05, 4.69) is 6.92 Å². The highest BCUT2D eigenvalue weighted by atomic mass is 16.7. The number of nitrogens with zero attached hydrogens (tertiary/aromatic N) is 2. The van der Waals surface area contributed by atoms with Crippen LogP contribution in [0.2, 0.25) is 0 Å². The molecule has 6 nitrogen and oxygen atoms in total. The third-order valence-corrected chi connectivity index (χ3v) is 5.30. The molecule has 1 aliphatic rings. The highest BCUT2D eigenvalue weighted by Gasteiger charge is 2.39. The Balaban J connectivity index is 1.61. The van der Waals surface area contributed by atoms with Gasteiger partial charge in [0.2, 0.25) is 0 Å². The zero-order valence-corrected chi connectivity index (χ0v) is 16.4. The van der Waals surface area contributed by atoms with Crippen molar-refractivity contribution in [2.24, 2.45) is 0 Å². The fraction of sp³-hybridized carbons (Fsp3) is 0.174. The van der Waals surface area contributed by atoms with Crippen molar-refractivity contribution in [3.05, 3.63) is 94.3 Å². The number of carbonyl (C=O) groups is 3. The van der Waals surface area contributed by atoms with Crippen LogP contribution in [0.3, 0.4) is 0 Å². The number of aromatic nitrogens is 1. The minimum Gasteiger partial charge on any atom is -0.341 e. The fourth-order valence-electron chi connectivity index (χ4n) is 3.84. The SMILES string of the molecule is Cc1cc(C(=O)ON2C(=O)c3ccccc3C2=O)c(C)n1C(C)c1ccccc1. The Bertz CT molecular complexity index is 1100. The summed E-state index contributed by atoms with van der Waals surface area (Å²) in [6.07, 6.45) is 0. The van der Waals surface area contributed by atoms with E-state index >= 15 is 0 Å². The molecule has 0 bridgehead atoms. The standard InChI is InChI=1S/C23H20N2O4/c1-14-13-20(16(3)24(14)15(2)17-9-5-4-6-10-17)23(28)29-25-21(26)18-11-7-8-12-19(18)22(25)27/h4-13,15H,1-3H3. The van der Waals surface area contributed by atoms with Crippen molar-refractivity contribution < 1.29 is 19.2 Å². The van der Waals surface area contributed by atoms with E-state index in [9.17, 15) is 14.4 Å². The van der Waals surface area contributed by atoms with Crippen LogP contribution in [0.15, 0.2) is 60.7 Å². The van der Waals surface area contributed by atoms with E-state index in [0.29, 0.717) is 16.3 Å². The molecule has 1 unspecified atom stereocenters. The minimum atomic E-state index is -0.737. The van der Waals surface area contributed by atoms with Crippen LogP contribution in [0, 0.1) is 13.8 Å². The summed E-state index contributed by atoms with van der Waals surface area (Å²) in [5.74, 6) is -2.00. The van der Waals surface area contributed by atoms with Crippen molar-refractivity contribution >= 4 is 17.8 Å². The van der Waals surface area contributed by atoms with Crippen molar-refractivity contribution in [3.63, 3.8) is 0 Å². The highest BCUT2D eigenvalue weighted by molar-refractivity contribution is 6.21. The van der Waals surface area contributed by atoms with Crippen molar-refractivity contribution in [1.29, 1.82) is 0 Å². The average molecular weight is 388 g/mol. The Morgan fingerprint density at radius 2 is 1.45 bits per heavy atom. The number of imide groups is 1. The maximum Gasteiger partial charge on any atom is 0.365 e. The second-order valence-electron chi connectivity index (χ2n) is 7.07. The highest BCUT2D eigenvalue weighted by Crippen LogP contribution is 2.28. The monoisotopic (exact) mass is 388 g/mol. The van der Waals surface area contributed by atoms with Crippen LogP contribution in [0.25, 0.3) is 0 Å². The van der Waals surface area contributed by atoms with Crippen LogP contribution in [0.5, 0.6) is 0 Å². The Labute approximate surface area is 168 Å². The molecule has 0 aliphatic carbocycles. The smallest absolute Gasteiger partial charge is 0.341 e. The molecule has 0 radical (unpaired) electrons. The molecule has 0 N–H and O–H groups in total. The molecule has 0 fully saturated rings. The van der Waals surface area contributed by atoms with Gasteiger partial charge in [0.25, 0.3) is 11.8 Å². The van der Waals surface area contributed by atoms with Gasteiger partial charge < -0.3 is 9.40 Å². The second-order valence-corrected chi connectivity index (χ2v) is 7.07. The quantitative estimate of drug-likeness (QED) is 0.632. The largest absolute Gasteiger partial charge is 0.365 e. The third-order valence-electron chi connectivity index (χ3n) is 5.30. The summed E-state index contributed by atoms with van der Waals surface area (Å²) in [4.78, 5) is 42.9. The van der Waals surface area contributed by atoms with Crippen LogP contribution in [-0.4, -0.2) is 27.4 Å². The molecule has 146 valence electrons. The lowest BCUT2D eigenvalue weighted by atomic mass is 10.1. The molecule has 0 saturated carbocycles. The maximum absolute atomic E-state index is 12.8. The lowest BCUT2D eigenvalue weighted by Gasteiger charge is -2.19. The number of fused-ring (bicyclic) bond motifs is 1. The van der Waals surface area contributed by atoms with Gasteiger partial charge in [-0.15, -0.1) is 0 Å². The molecule has 1 aliphatic heterocycles. The van der Waals surface area contributed by atoms with E-state index in [4.69, 9.17) is 4.84 Å². The van der Waals surface area contributed by atoms with Crippen molar-refractivity contribution in [3.8, 4) is 0 Å². The lowest BCUT2D eigenvalue weighted by molar-refractivity contribution is -0.0585. The minimum absolute atomic E-state index is 0.0112. The zero-order chi connectivity index (χ0) is 20.7. The van der Waals surface area contributed by atoms with E-state index in [1.54, 1.807) is 18.2 Å². The van der Waals surface area contributed by atoms with Crippen LogP contribution >= 0.6 is 0 Å². The van der Waals surface area contributed by atoms with Gasteiger partial charge in [-0.3, -0.25) is 9.59 Å².